The maximum atomic E-state index is 10.8. The van der Waals surface area contributed by atoms with Gasteiger partial charge in [0.25, 0.3) is 0 Å². The number of aromatic hydroxyl groups is 4. The van der Waals surface area contributed by atoms with Gasteiger partial charge in [-0.1, -0.05) is 20.8 Å². The van der Waals surface area contributed by atoms with Crippen molar-refractivity contribution in [3.05, 3.63) is 96.1 Å². The molecule has 180 valence electrons. The highest BCUT2D eigenvalue weighted by Gasteiger charge is 2.33. The third-order valence-electron chi connectivity index (χ3n) is 5.63. The summed E-state index contributed by atoms with van der Waals surface area (Å²) in [6.07, 6.45) is 0. The summed E-state index contributed by atoms with van der Waals surface area (Å²) < 4.78 is 11.9. The van der Waals surface area contributed by atoms with Crippen LogP contribution in [0.15, 0.2) is 84.9 Å². The molecule has 4 aromatic carbocycles. The van der Waals surface area contributed by atoms with E-state index in [1.54, 1.807) is 60.7 Å². The van der Waals surface area contributed by atoms with Gasteiger partial charge in [-0.2, -0.15) is 0 Å². The van der Waals surface area contributed by atoms with Gasteiger partial charge < -0.3 is 29.9 Å². The van der Waals surface area contributed by atoms with Gasteiger partial charge in [0.15, 0.2) is 0 Å². The predicted molar refractivity (Wildman–Crippen MR) is 134 cm³/mol. The van der Waals surface area contributed by atoms with Crippen molar-refractivity contribution in [3.63, 3.8) is 0 Å². The first-order valence-electron chi connectivity index (χ1n) is 11.2. The summed E-state index contributed by atoms with van der Waals surface area (Å²) in [5.74, 6) is 2.12. The summed E-state index contributed by atoms with van der Waals surface area (Å²) in [4.78, 5) is 0. The van der Waals surface area contributed by atoms with E-state index in [2.05, 4.69) is 0 Å². The minimum atomic E-state index is -0.408. The Kier molecular flexibility index (Phi) is 6.47. The van der Waals surface area contributed by atoms with Gasteiger partial charge in [0, 0.05) is 17.0 Å². The first kappa shape index (κ1) is 23.8. The molecule has 0 amide bonds. The Morgan fingerprint density at radius 3 is 1.20 bits per heavy atom. The molecule has 0 heterocycles. The van der Waals surface area contributed by atoms with Crippen molar-refractivity contribution < 1.29 is 29.9 Å². The zero-order valence-corrected chi connectivity index (χ0v) is 19.8. The van der Waals surface area contributed by atoms with Gasteiger partial charge >= 0.3 is 0 Å². The molecule has 4 rings (SSSR count). The molecule has 0 radical (unpaired) electrons. The quantitative estimate of drug-likeness (QED) is 0.235. The van der Waals surface area contributed by atoms with Gasteiger partial charge in [-0.3, -0.25) is 0 Å². The number of phenols is 4. The first-order valence-corrected chi connectivity index (χ1v) is 11.2. The lowest BCUT2D eigenvalue weighted by atomic mass is 9.72. The topological polar surface area (TPSA) is 99.4 Å². The van der Waals surface area contributed by atoms with Crippen LogP contribution < -0.4 is 9.47 Å². The second-order valence-corrected chi connectivity index (χ2v) is 9.43. The molecule has 4 N–H and O–H groups in total. The molecule has 0 unspecified atom stereocenters. The highest BCUT2D eigenvalue weighted by molar-refractivity contribution is 5.53. The maximum absolute atomic E-state index is 10.8. The fraction of sp³-hybridized carbons (Fsp3) is 0.172. The van der Waals surface area contributed by atoms with E-state index in [1.165, 1.54) is 24.3 Å². The van der Waals surface area contributed by atoms with Crippen molar-refractivity contribution in [2.45, 2.75) is 26.7 Å². The van der Waals surface area contributed by atoms with Crippen LogP contribution in [0.25, 0.3) is 0 Å². The standard InChI is InChI=1S/C29H28O6/c1-29(2,3)28(24-16-22(12-14-26(24)32)34-20-8-4-18(30)5-9-20)25-17-23(13-15-27(25)33)35-21-10-6-19(31)7-11-21/h4-17,28,30-33H,1-3H3. The fourth-order valence-corrected chi connectivity index (χ4v) is 4.06. The molecular weight excluding hydrogens is 444 g/mol. The molecule has 0 saturated heterocycles. The zero-order chi connectivity index (χ0) is 25.2. The monoisotopic (exact) mass is 472 g/mol. The molecular formula is C29H28O6. The summed E-state index contributed by atoms with van der Waals surface area (Å²) >= 11 is 0. The summed E-state index contributed by atoms with van der Waals surface area (Å²) in [6, 6.07) is 22.7. The molecule has 0 aromatic heterocycles. The van der Waals surface area contributed by atoms with Crippen molar-refractivity contribution in [3.8, 4) is 46.0 Å². The summed E-state index contributed by atoms with van der Waals surface area (Å²) in [7, 11) is 0. The Labute approximate surface area is 204 Å². The SMILES string of the molecule is CC(C)(C)C(c1cc(Oc2ccc(O)cc2)ccc1O)c1cc(Oc2ccc(O)cc2)ccc1O. The average molecular weight is 473 g/mol. The number of phenolic OH excluding ortho intramolecular Hbond substituents is 4. The lowest BCUT2D eigenvalue weighted by Crippen LogP contribution is -2.20. The Balaban J connectivity index is 1.73. The van der Waals surface area contributed by atoms with Crippen LogP contribution in [0.5, 0.6) is 46.0 Å². The van der Waals surface area contributed by atoms with Crippen LogP contribution in [0.2, 0.25) is 0 Å². The Morgan fingerprint density at radius 1 is 0.514 bits per heavy atom. The molecule has 0 atom stereocenters. The van der Waals surface area contributed by atoms with Gasteiger partial charge in [-0.15, -0.1) is 0 Å². The van der Waals surface area contributed by atoms with E-state index in [-0.39, 0.29) is 23.0 Å². The fourth-order valence-electron chi connectivity index (χ4n) is 4.06. The van der Waals surface area contributed by atoms with Crippen LogP contribution >= 0.6 is 0 Å². The van der Waals surface area contributed by atoms with Crippen molar-refractivity contribution in [2.24, 2.45) is 5.41 Å². The largest absolute Gasteiger partial charge is 0.508 e. The smallest absolute Gasteiger partial charge is 0.127 e. The van der Waals surface area contributed by atoms with Crippen molar-refractivity contribution in [2.75, 3.05) is 0 Å². The second-order valence-electron chi connectivity index (χ2n) is 9.43. The molecule has 0 aliphatic heterocycles. The van der Waals surface area contributed by atoms with Gasteiger partial charge in [0.05, 0.1) is 0 Å². The minimum absolute atomic E-state index is 0.0761. The summed E-state index contributed by atoms with van der Waals surface area (Å²) in [6.45, 7) is 6.08. The first-order chi connectivity index (χ1) is 16.6. The molecule has 4 aromatic rings. The molecule has 0 aliphatic rings. The lowest BCUT2D eigenvalue weighted by molar-refractivity contribution is 0.335. The minimum Gasteiger partial charge on any atom is -0.508 e. The Hall–Kier alpha value is -4.32. The number of hydrogen-bond donors (Lipinski definition) is 4. The van der Waals surface area contributed by atoms with Gasteiger partial charge in [-0.25, -0.2) is 0 Å². The van der Waals surface area contributed by atoms with Crippen molar-refractivity contribution in [1.82, 2.24) is 0 Å². The average Bonchev–Trinajstić information content (AvgIpc) is 2.80. The molecule has 6 heteroatoms. The van der Waals surface area contributed by atoms with E-state index in [9.17, 15) is 20.4 Å². The highest BCUT2D eigenvalue weighted by atomic mass is 16.5. The third-order valence-corrected chi connectivity index (χ3v) is 5.63. The zero-order valence-electron chi connectivity index (χ0n) is 19.8. The second kappa shape index (κ2) is 9.50. The predicted octanol–water partition coefficient (Wildman–Crippen LogP) is 7.27. The molecule has 0 aliphatic carbocycles. The number of benzene rings is 4. The van der Waals surface area contributed by atoms with E-state index < -0.39 is 11.3 Å². The van der Waals surface area contributed by atoms with Crippen molar-refractivity contribution >= 4 is 0 Å². The Bertz CT molecular complexity index is 1210. The van der Waals surface area contributed by atoms with E-state index in [1.807, 2.05) is 20.8 Å². The van der Waals surface area contributed by atoms with E-state index >= 15 is 0 Å². The Morgan fingerprint density at radius 2 is 0.857 bits per heavy atom. The third kappa shape index (κ3) is 5.61. The molecule has 35 heavy (non-hydrogen) atoms. The molecule has 0 saturated carbocycles. The van der Waals surface area contributed by atoms with E-state index in [4.69, 9.17) is 9.47 Å². The highest BCUT2D eigenvalue weighted by Crippen LogP contribution is 2.48. The summed E-state index contributed by atoms with van der Waals surface area (Å²) in [5.41, 5.74) is 0.778. The van der Waals surface area contributed by atoms with Gasteiger partial charge in [0.1, 0.15) is 46.0 Å². The van der Waals surface area contributed by atoms with Crippen LogP contribution in [0.1, 0.15) is 37.8 Å². The van der Waals surface area contributed by atoms with Gasteiger partial charge in [-0.05, 0) is 90.3 Å². The number of rotatable bonds is 6. The van der Waals surface area contributed by atoms with Crippen LogP contribution in [0, 0.1) is 5.41 Å². The lowest BCUT2D eigenvalue weighted by Gasteiger charge is -2.33. The van der Waals surface area contributed by atoms with Crippen LogP contribution in [0.3, 0.4) is 0 Å². The van der Waals surface area contributed by atoms with Crippen LogP contribution in [-0.4, -0.2) is 20.4 Å². The molecule has 6 nitrogen and oxygen atoms in total. The van der Waals surface area contributed by atoms with E-state index in [0.717, 1.165) is 0 Å². The van der Waals surface area contributed by atoms with E-state index in [0.29, 0.717) is 34.1 Å². The molecule has 0 bridgehead atoms. The number of ether oxygens (including phenoxy) is 2. The van der Waals surface area contributed by atoms with Gasteiger partial charge in [0.2, 0.25) is 0 Å². The van der Waals surface area contributed by atoms with Crippen LogP contribution in [0.4, 0.5) is 0 Å². The maximum Gasteiger partial charge on any atom is 0.127 e. The normalized spacial score (nSPS) is 11.4. The number of hydrogen-bond acceptors (Lipinski definition) is 6. The molecule has 0 fully saturated rings. The van der Waals surface area contributed by atoms with Crippen molar-refractivity contribution in [1.29, 1.82) is 0 Å². The van der Waals surface area contributed by atoms with Crippen LogP contribution in [-0.2, 0) is 0 Å². The molecule has 0 spiro atoms. The summed E-state index contributed by atoms with van der Waals surface area (Å²) in [5, 5.41) is 40.7.